The summed E-state index contributed by atoms with van der Waals surface area (Å²) in [6, 6.07) is 0. The largest absolute Gasteiger partial charge is 0.106 e. The van der Waals surface area contributed by atoms with E-state index in [-0.39, 0.29) is 0 Å². The average molecular weight is 274 g/mol. The number of rotatable bonds is 0. The van der Waals surface area contributed by atoms with Crippen LogP contribution in [0.1, 0.15) is 77.6 Å². The summed E-state index contributed by atoms with van der Waals surface area (Å²) >= 11 is 0. The predicted molar refractivity (Wildman–Crippen MR) is 87.6 cm³/mol. The second-order valence-electron chi connectivity index (χ2n) is 8.30. The van der Waals surface area contributed by atoms with Gasteiger partial charge in [-0.1, -0.05) is 32.6 Å². The first-order valence-electron chi connectivity index (χ1n) is 9.28. The molecule has 0 saturated heterocycles. The first-order chi connectivity index (χ1) is 9.78. The van der Waals surface area contributed by atoms with Gasteiger partial charge >= 0.3 is 0 Å². The molecule has 0 aliphatic heterocycles. The Morgan fingerprint density at radius 2 is 1.50 bits per heavy atom. The molecule has 0 aromatic heterocycles. The lowest BCUT2D eigenvalue weighted by molar-refractivity contribution is -0.0492. The zero-order valence-corrected chi connectivity index (χ0v) is 13.6. The first kappa shape index (κ1) is 14.7. The van der Waals surface area contributed by atoms with Crippen LogP contribution in [0.3, 0.4) is 0 Å². The highest BCUT2D eigenvalue weighted by Gasteiger charge is 2.52. The van der Waals surface area contributed by atoms with E-state index in [0.717, 1.165) is 35.0 Å². The lowest BCUT2D eigenvalue weighted by atomic mass is 9.51. The summed E-state index contributed by atoms with van der Waals surface area (Å²) < 4.78 is 0. The third-order valence-corrected chi connectivity index (χ3v) is 7.66. The summed E-state index contributed by atoms with van der Waals surface area (Å²) in [5, 5.41) is 0. The van der Waals surface area contributed by atoms with Crippen molar-refractivity contribution in [2.75, 3.05) is 0 Å². The van der Waals surface area contributed by atoms with Crippen molar-refractivity contribution in [1.29, 1.82) is 0 Å². The zero-order chi connectivity index (χ0) is 14.2. The van der Waals surface area contributed by atoms with Gasteiger partial charge in [0.25, 0.3) is 0 Å². The Bertz CT molecular complexity index is 333. The molecule has 0 aromatic rings. The second kappa shape index (κ2) is 5.85. The Hall–Kier alpha value is -0.260. The smallest absolute Gasteiger partial charge is 0.0295 e. The van der Waals surface area contributed by atoms with Crippen LogP contribution in [0.25, 0.3) is 0 Å². The lowest BCUT2D eigenvalue weighted by Gasteiger charge is -2.54. The quantitative estimate of drug-likeness (QED) is 0.460. The molecule has 0 radical (unpaired) electrons. The van der Waals surface area contributed by atoms with Crippen LogP contribution in [-0.4, -0.2) is 0 Å². The first-order valence-corrected chi connectivity index (χ1v) is 9.28. The van der Waals surface area contributed by atoms with E-state index in [1.54, 1.807) is 70.6 Å². The Morgan fingerprint density at radius 1 is 0.700 bits per heavy atom. The van der Waals surface area contributed by atoms with Crippen molar-refractivity contribution >= 4 is 0 Å². The lowest BCUT2D eigenvalue weighted by Crippen LogP contribution is -2.46. The normalized spacial score (nSPS) is 50.1. The molecule has 0 N–H and O–H groups in total. The summed E-state index contributed by atoms with van der Waals surface area (Å²) in [4.78, 5) is 0. The van der Waals surface area contributed by atoms with Gasteiger partial charge in [-0.2, -0.15) is 0 Å². The monoisotopic (exact) mass is 274 g/mol. The molecule has 4 saturated carbocycles. The van der Waals surface area contributed by atoms with Crippen LogP contribution in [0.2, 0.25) is 0 Å². The van der Waals surface area contributed by atoms with Gasteiger partial charge in [0.05, 0.1) is 0 Å². The topological polar surface area (TPSA) is 0 Å². The maximum atomic E-state index is 3.00. The Balaban J connectivity index is 0.000000581. The Morgan fingerprint density at radius 3 is 2.35 bits per heavy atom. The molecule has 0 heterocycles. The predicted octanol–water partition coefficient (Wildman–Crippen LogP) is 6.22. The van der Waals surface area contributed by atoms with Crippen molar-refractivity contribution in [2.45, 2.75) is 77.6 Å². The van der Waals surface area contributed by atoms with E-state index >= 15 is 0 Å². The minimum Gasteiger partial charge on any atom is -0.106 e. The molecule has 114 valence electrons. The molecule has 0 amide bonds. The van der Waals surface area contributed by atoms with Crippen LogP contribution in [0.4, 0.5) is 0 Å². The van der Waals surface area contributed by atoms with Crippen molar-refractivity contribution in [3.8, 4) is 0 Å². The van der Waals surface area contributed by atoms with Crippen molar-refractivity contribution < 1.29 is 0 Å². The highest BCUT2D eigenvalue weighted by molar-refractivity contribution is 5.02. The minimum absolute atomic E-state index is 0.767. The van der Waals surface area contributed by atoms with Crippen molar-refractivity contribution in [1.82, 2.24) is 0 Å². The standard InChI is InChI=1S/C18H30.C2H4/c1-18-11-4-7-17(18)16-9-8-13-5-2-3-6-14(13)15(16)10-12-18;1-2/h13-17H,2-12H2,1H3;1-2H2. The molecule has 0 heteroatoms. The molecule has 6 unspecified atom stereocenters. The summed E-state index contributed by atoms with van der Waals surface area (Å²) in [5.74, 6) is 5.72. The molecule has 4 aliphatic carbocycles. The molecule has 0 aromatic carbocycles. The third-order valence-electron chi connectivity index (χ3n) is 7.66. The summed E-state index contributed by atoms with van der Waals surface area (Å²) in [6.07, 6.45) is 17.3. The van der Waals surface area contributed by atoms with Gasteiger partial charge in [-0.25, -0.2) is 0 Å². The van der Waals surface area contributed by atoms with E-state index < -0.39 is 0 Å². The van der Waals surface area contributed by atoms with Crippen molar-refractivity contribution in [3.05, 3.63) is 13.2 Å². The molecule has 0 spiro atoms. The molecule has 4 rings (SSSR count). The van der Waals surface area contributed by atoms with Crippen LogP contribution in [0.15, 0.2) is 13.2 Å². The van der Waals surface area contributed by atoms with E-state index in [1.807, 2.05) is 0 Å². The molecule has 0 bridgehead atoms. The van der Waals surface area contributed by atoms with E-state index in [0.29, 0.717) is 0 Å². The second-order valence-corrected chi connectivity index (χ2v) is 8.30. The van der Waals surface area contributed by atoms with Crippen LogP contribution in [-0.2, 0) is 0 Å². The van der Waals surface area contributed by atoms with Crippen LogP contribution < -0.4 is 0 Å². The zero-order valence-electron chi connectivity index (χ0n) is 13.6. The fraction of sp³-hybridized carbons (Fsp3) is 0.900. The van der Waals surface area contributed by atoms with Gasteiger partial charge in [-0.3, -0.25) is 0 Å². The molecular formula is C20H34. The van der Waals surface area contributed by atoms with E-state index in [2.05, 4.69) is 20.1 Å². The number of fused-ring (bicyclic) bond motifs is 5. The van der Waals surface area contributed by atoms with Gasteiger partial charge in [0.1, 0.15) is 0 Å². The SMILES string of the molecule is C=C.CC12CCCC1C1CCC3CCCCC3C1CC2. The fourth-order valence-electron chi connectivity index (χ4n) is 6.82. The van der Waals surface area contributed by atoms with Gasteiger partial charge in [-0.15, -0.1) is 13.2 Å². The van der Waals surface area contributed by atoms with E-state index in [1.165, 1.54) is 0 Å². The van der Waals surface area contributed by atoms with Gasteiger partial charge in [0.2, 0.25) is 0 Å². The van der Waals surface area contributed by atoms with E-state index in [9.17, 15) is 0 Å². The minimum atomic E-state index is 0.767. The number of hydrogen-bond acceptors (Lipinski definition) is 0. The molecule has 20 heavy (non-hydrogen) atoms. The van der Waals surface area contributed by atoms with Crippen molar-refractivity contribution in [3.63, 3.8) is 0 Å². The molecule has 0 nitrogen and oxygen atoms in total. The average Bonchev–Trinajstić information content (AvgIpc) is 2.91. The Kier molecular flexibility index (Phi) is 4.29. The maximum absolute atomic E-state index is 3.00. The Labute approximate surface area is 126 Å². The summed E-state index contributed by atoms with van der Waals surface area (Å²) in [6.45, 7) is 8.63. The van der Waals surface area contributed by atoms with Gasteiger partial charge < -0.3 is 0 Å². The molecule has 4 fully saturated rings. The third kappa shape index (κ3) is 2.28. The highest BCUT2D eigenvalue weighted by atomic mass is 14.6. The molecular weight excluding hydrogens is 240 g/mol. The highest BCUT2D eigenvalue weighted by Crippen LogP contribution is 2.62. The van der Waals surface area contributed by atoms with Gasteiger partial charge in [0, 0.05) is 0 Å². The van der Waals surface area contributed by atoms with Gasteiger partial charge in [0.15, 0.2) is 0 Å². The van der Waals surface area contributed by atoms with E-state index in [4.69, 9.17) is 0 Å². The van der Waals surface area contributed by atoms with Crippen LogP contribution in [0, 0.1) is 35.0 Å². The van der Waals surface area contributed by atoms with Crippen molar-refractivity contribution in [2.24, 2.45) is 35.0 Å². The maximum Gasteiger partial charge on any atom is -0.0295 e. The summed E-state index contributed by atoms with van der Waals surface area (Å²) in [7, 11) is 0. The number of hydrogen-bond donors (Lipinski definition) is 0. The van der Waals surface area contributed by atoms with Crippen LogP contribution in [0.5, 0.6) is 0 Å². The fourth-order valence-corrected chi connectivity index (χ4v) is 6.82. The molecule has 4 aliphatic rings. The van der Waals surface area contributed by atoms with Gasteiger partial charge in [-0.05, 0) is 80.0 Å². The van der Waals surface area contributed by atoms with Crippen LogP contribution >= 0.6 is 0 Å². The summed E-state index contributed by atoms with van der Waals surface area (Å²) in [5.41, 5.74) is 0.767. The molecule has 6 atom stereocenters.